The van der Waals surface area contributed by atoms with Crippen molar-refractivity contribution in [2.24, 2.45) is 0 Å². The predicted octanol–water partition coefficient (Wildman–Crippen LogP) is 14.5. The Bertz CT molecular complexity index is 3440. The lowest BCUT2D eigenvalue weighted by molar-refractivity contribution is 0.332. The number of para-hydroxylation sites is 4. The van der Waals surface area contributed by atoms with Crippen LogP contribution in [0.15, 0.2) is 164 Å². The quantitative estimate of drug-likeness (QED) is 0.172. The molecular weight excluding hydrogens is 691 g/mol. The van der Waals surface area contributed by atoms with Crippen molar-refractivity contribution < 1.29 is 0 Å². The Morgan fingerprint density at radius 1 is 0.333 bits per heavy atom. The number of nitrogens with zero attached hydrogens (tertiary/aromatic N) is 3. The van der Waals surface area contributed by atoms with Crippen molar-refractivity contribution in [1.82, 2.24) is 13.7 Å². The Hall–Kier alpha value is -6.58. The van der Waals surface area contributed by atoms with Gasteiger partial charge < -0.3 is 13.7 Å². The molecule has 1 aliphatic carbocycles. The van der Waals surface area contributed by atoms with Gasteiger partial charge in [-0.25, -0.2) is 0 Å². The Kier molecular flexibility index (Phi) is 6.58. The van der Waals surface area contributed by atoms with Gasteiger partial charge in [0.25, 0.3) is 0 Å². The fourth-order valence-corrected chi connectivity index (χ4v) is 10.6. The van der Waals surface area contributed by atoms with E-state index >= 15 is 0 Å². The van der Waals surface area contributed by atoms with Crippen molar-refractivity contribution in [1.29, 1.82) is 0 Å². The van der Waals surface area contributed by atoms with E-state index in [1.54, 1.807) is 0 Å². The molecule has 0 amide bonds. The fourth-order valence-electron chi connectivity index (χ4n) is 10.6. The van der Waals surface area contributed by atoms with Gasteiger partial charge in [0.1, 0.15) is 0 Å². The van der Waals surface area contributed by atoms with Gasteiger partial charge in [0, 0.05) is 49.4 Å². The second-order valence-electron chi connectivity index (χ2n) is 17.6. The van der Waals surface area contributed by atoms with Crippen molar-refractivity contribution in [3.8, 4) is 17.1 Å². The molecule has 8 aromatic carbocycles. The van der Waals surface area contributed by atoms with Crippen LogP contribution in [0.5, 0.6) is 0 Å². The molecule has 274 valence electrons. The molecule has 11 aromatic rings. The maximum absolute atomic E-state index is 2.63. The molecule has 0 aliphatic heterocycles. The number of fused-ring (bicyclic) bond motifs is 14. The first-order valence-corrected chi connectivity index (χ1v) is 20.4. The average Bonchev–Trinajstić information content (AvgIpc) is 3.89. The van der Waals surface area contributed by atoms with Crippen molar-refractivity contribution in [3.63, 3.8) is 0 Å². The van der Waals surface area contributed by atoms with Crippen molar-refractivity contribution in [2.75, 3.05) is 0 Å². The monoisotopic (exact) mass is 733 g/mol. The van der Waals surface area contributed by atoms with Gasteiger partial charge in [-0.05, 0) is 112 Å². The van der Waals surface area contributed by atoms with Gasteiger partial charge in [-0.15, -0.1) is 0 Å². The molecule has 3 heterocycles. The van der Waals surface area contributed by atoms with Crippen LogP contribution >= 0.6 is 0 Å². The van der Waals surface area contributed by atoms with Gasteiger partial charge in [-0.1, -0.05) is 125 Å². The number of rotatable bonds is 3. The summed E-state index contributed by atoms with van der Waals surface area (Å²) < 4.78 is 7.58. The number of benzene rings is 8. The second-order valence-corrected chi connectivity index (χ2v) is 17.6. The third-order valence-corrected chi connectivity index (χ3v) is 13.4. The molecule has 0 unspecified atom stereocenters. The molecule has 0 spiro atoms. The Labute approximate surface area is 332 Å². The van der Waals surface area contributed by atoms with E-state index in [9.17, 15) is 0 Å². The van der Waals surface area contributed by atoms with Crippen LogP contribution < -0.4 is 0 Å². The fraction of sp³-hybridized carbons (Fsp3) is 0.148. The zero-order valence-corrected chi connectivity index (χ0v) is 32.8. The van der Waals surface area contributed by atoms with Crippen LogP contribution in [0.4, 0.5) is 0 Å². The van der Waals surface area contributed by atoms with Crippen molar-refractivity contribution in [2.45, 2.75) is 51.4 Å². The summed E-state index contributed by atoms with van der Waals surface area (Å²) in [7, 11) is 0. The average molecular weight is 734 g/mol. The Morgan fingerprint density at radius 2 is 0.789 bits per heavy atom. The SMILES string of the molecule is CC1(C)CCC(C)(C)c2cc3c(cc21)c1c2ccccc2c2c4ccccc4n(-c4ccccc4)c2c1n3-c1ccc2c(c1)c1ccccc1n2-c1ccccc1. The smallest absolute Gasteiger partial charge is 0.0795 e. The highest BCUT2D eigenvalue weighted by Crippen LogP contribution is 2.52. The van der Waals surface area contributed by atoms with E-state index in [0.717, 1.165) is 0 Å². The number of hydrogen-bond acceptors (Lipinski definition) is 0. The highest BCUT2D eigenvalue weighted by Gasteiger charge is 2.38. The van der Waals surface area contributed by atoms with E-state index < -0.39 is 0 Å². The first-order chi connectivity index (χ1) is 27.8. The molecule has 3 aromatic heterocycles. The lowest BCUT2D eigenvalue weighted by Crippen LogP contribution is -2.33. The van der Waals surface area contributed by atoms with Crippen LogP contribution in [-0.2, 0) is 10.8 Å². The summed E-state index contributed by atoms with van der Waals surface area (Å²) >= 11 is 0. The van der Waals surface area contributed by atoms with Crippen LogP contribution in [0.3, 0.4) is 0 Å². The molecule has 0 fully saturated rings. The lowest BCUT2D eigenvalue weighted by Gasteiger charge is -2.42. The minimum Gasteiger partial charge on any atom is -0.309 e. The maximum Gasteiger partial charge on any atom is 0.0795 e. The van der Waals surface area contributed by atoms with E-state index in [1.165, 1.54) is 117 Å². The highest BCUT2D eigenvalue weighted by atomic mass is 15.0. The standard InChI is InChI=1S/C54H43N3/c1-53(2)29-30-54(3,4)44-33-48-42(32-43(44)53)50-39-23-12-11-22-38(39)49-40-24-14-16-26-46(40)56(35-19-9-6-10-20-35)51(49)52(50)57(48)36-27-28-47-41(31-36)37-21-13-15-25-45(37)55(47)34-17-7-5-8-18-34/h5-28,31-33H,29-30H2,1-4H3. The van der Waals surface area contributed by atoms with Crippen LogP contribution in [0, 0.1) is 0 Å². The lowest BCUT2D eigenvalue weighted by atomic mass is 9.63. The molecule has 0 N–H and O–H groups in total. The minimum absolute atomic E-state index is 0.0592. The van der Waals surface area contributed by atoms with Crippen LogP contribution in [0.1, 0.15) is 51.7 Å². The summed E-state index contributed by atoms with van der Waals surface area (Å²) in [6, 6.07) is 61.1. The van der Waals surface area contributed by atoms with E-state index in [-0.39, 0.29) is 10.8 Å². The zero-order valence-electron chi connectivity index (χ0n) is 32.8. The van der Waals surface area contributed by atoms with Gasteiger partial charge in [-0.3, -0.25) is 0 Å². The molecule has 12 rings (SSSR count). The Morgan fingerprint density at radius 3 is 1.42 bits per heavy atom. The summed E-state index contributed by atoms with van der Waals surface area (Å²) in [4.78, 5) is 0. The van der Waals surface area contributed by atoms with Crippen molar-refractivity contribution >= 4 is 76.2 Å². The highest BCUT2D eigenvalue weighted by molar-refractivity contribution is 6.36. The third-order valence-electron chi connectivity index (χ3n) is 13.4. The maximum atomic E-state index is 2.63. The van der Waals surface area contributed by atoms with Gasteiger partial charge in [0.15, 0.2) is 0 Å². The number of hydrogen-bond donors (Lipinski definition) is 0. The molecule has 0 bridgehead atoms. The topological polar surface area (TPSA) is 14.8 Å². The van der Waals surface area contributed by atoms with Crippen LogP contribution in [-0.4, -0.2) is 13.7 Å². The molecule has 3 nitrogen and oxygen atoms in total. The summed E-state index contributed by atoms with van der Waals surface area (Å²) in [6.07, 6.45) is 2.34. The molecule has 57 heavy (non-hydrogen) atoms. The molecule has 1 aliphatic rings. The van der Waals surface area contributed by atoms with Crippen molar-refractivity contribution in [3.05, 3.63) is 175 Å². The van der Waals surface area contributed by atoms with Crippen LogP contribution in [0.25, 0.3) is 93.3 Å². The molecule has 3 heteroatoms. The predicted molar refractivity (Wildman–Crippen MR) is 242 cm³/mol. The van der Waals surface area contributed by atoms with E-state index in [4.69, 9.17) is 0 Å². The summed E-state index contributed by atoms with van der Waals surface area (Å²) in [5, 5.41) is 10.3. The van der Waals surface area contributed by atoms with E-state index in [0.29, 0.717) is 0 Å². The zero-order chi connectivity index (χ0) is 38.2. The Balaban J connectivity index is 1.34. The molecule has 0 saturated carbocycles. The largest absolute Gasteiger partial charge is 0.309 e. The minimum atomic E-state index is 0.0592. The van der Waals surface area contributed by atoms with E-state index in [2.05, 4.69) is 205 Å². The van der Waals surface area contributed by atoms with Gasteiger partial charge in [0.2, 0.25) is 0 Å². The first-order valence-electron chi connectivity index (χ1n) is 20.4. The number of aromatic nitrogens is 3. The van der Waals surface area contributed by atoms with Gasteiger partial charge >= 0.3 is 0 Å². The summed E-state index contributed by atoms with van der Waals surface area (Å²) in [6.45, 7) is 9.80. The molecule has 0 radical (unpaired) electrons. The van der Waals surface area contributed by atoms with E-state index in [1.807, 2.05) is 0 Å². The van der Waals surface area contributed by atoms with Crippen LogP contribution in [0.2, 0.25) is 0 Å². The third kappa shape index (κ3) is 4.43. The molecular formula is C54H43N3. The van der Waals surface area contributed by atoms with Gasteiger partial charge in [-0.2, -0.15) is 0 Å². The first kappa shape index (κ1) is 32.6. The summed E-state index contributed by atoms with van der Waals surface area (Å²) in [5.74, 6) is 0. The molecule has 0 saturated heterocycles. The normalized spacial score (nSPS) is 15.2. The second kappa shape index (κ2) is 11.5. The molecule has 0 atom stereocenters. The summed E-state index contributed by atoms with van der Waals surface area (Å²) in [5.41, 5.74) is 14.0. The van der Waals surface area contributed by atoms with Gasteiger partial charge in [0.05, 0.1) is 33.1 Å².